The molecule has 0 spiro atoms. The smallest absolute Gasteiger partial charge is 0.229 e. The molecule has 1 saturated carbocycles. The van der Waals surface area contributed by atoms with Gasteiger partial charge in [-0.2, -0.15) is 0 Å². The summed E-state index contributed by atoms with van der Waals surface area (Å²) in [6.45, 7) is 0.949. The summed E-state index contributed by atoms with van der Waals surface area (Å²) < 4.78 is 0. The molecule has 0 N–H and O–H groups in total. The Morgan fingerprint density at radius 2 is 2.20 bits per heavy atom. The number of nitrogens with zero attached hydrogens (tertiary/aromatic N) is 6. The highest BCUT2D eigenvalue weighted by molar-refractivity contribution is 7.15. The van der Waals surface area contributed by atoms with Gasteiger partial charge in [-0.15, -0.1) is 10.2 Å². The monoisotopic (exact) mass is 292 g/mol. The molecule has 3 rings (SSSR count). The molecule has 8 heteroatoms. The van der Waals surface area contributed by atoms with Crippen LogP contribution >= 0.6 is 11.3 Å². The Morgan fingerprint density at radius 1 is 1.40 bits per heavy atom. The van der Waals surface area contributed by atoms with Gasteiger partial charge in [-0.05, 0) is 24.3 Å². The van der Waals surface area contributed by atoms with Gasteiger partial charge in [0.1, 0.15) is 5.01 Å². The molecular weight excluding hydrogens is 276 g/mol. The van der Waals surface area contributed by atoms with Gasteiger partial charge >= 0.3 is 0 Å². The van der Waals surface area contributed by atoms with Crippen molar-refractivity contribution in [1.29, 1.82) is 0 Å². The molecule has 1 aliphatic heterocycles. The minimum absolute atomic E-state index is 0.0530. The van der Waals surface area contributed by atoms with Crippen LogP contribution in [0.5, 0.6) is 0 Å². The second-order valence-electron chi connectivity index (χ2n) is 5.39. The largest absolute Gasteiger partial charge is 0.286 e. The average Bonchev–Trinajstić information content (AvgIpc) is 3.16. The van der Waals surface area contributed by atoms with E-state index in [-0.39, 0.29) is 11.8 Å². The molecule has 0 bridgehead atoms. The van der Waals surface area contributed by atoms with Gasteiger partial charge in [0, 0.05) is 30.3 Å². The predicted octanol–water partition coefficient (Wildman–Crippen LogP) is 2.86. The zero-order chi connectivity index (χ0) is 13.9. The summed E-state index contributed by atoms with van der Waals surface area (Å²) in [5, 5.41) is 13.7. The number of azide groups is 1. The number of carbonyl (C=O) groups excluding carboxylic acids is 1. The molecule has 0 aromatic carbocycles. The Morgan fingerprint density at radius 3 is 2.95 bits per heavy atom. The fourth-order valence-corrected chi connectivity index (χ4v) is 3.95. The Bertz CT molecular complexity index is 546. The van der Waals surface area contributed by atoms with Gasteiger partial charge in [0.05, 0.1) is 0 Å². The van der Waals surface area contributed by atoms with E-state index in [1.807, 2.05) is 0 Å². The second-order valence-corrected chi connectivity index (χ2v) is 6.38. The van der Waals surface area contributed by atoms with Crippen molar-refractivity contribution in [1.82, 2.24) is 10.2 Å². The summed E-state index contributed by atoms with van der Waals surface area (Å²) in [7, 11) is 0. The lowest BCUT2D eigenvalue weighted by atomic mass is 10.1. The van der Waals surface area contributed by atoms with E-state index < -0.39 is 0 Å². The number of aromatic nitrogens is 2. The van der Waals surface area contributed by atoms with E-state index in [2.05, 4.69) is 20.2 Å². The third-order valence-electron chi connectivity index (χ3n) is 3.97. The van der Waals surface area contributed by atoms with Crippen molar-refractivity contribution < 1.29 is 4.79 Å². The summed E-state index contributed by atoms with van der Waals surface area (Å²) in [4.78, 5) is 16.4. The van der Waals surface area contributed by atoms with E-state index in [4.69, 9.17) is 5.53 Å². The molecule has 7 nitrogen and oxygen atoms in total. The maximum absolute atomic E-state index is 12.0. The van der Waals surface area contributed by atoms with Crippen LogP contribution in [0.1, 0.15) is 43.0 Å². The van der Waals surface area contributed by atoms with Crippen molar-refractivity contribution in [2.24, 2.45) is 11.0 Å². The Hall–Kier alpha value is -1.66. The number of hydrogen-bond acceptors (Lipinski definition) is 5. The molecule has 1 unspecified atom stereocenters. The van der Waals surface area contributed by atoms with Crippen LogP contribution in [0, 0.1) is 5.92 Å². The molecule has 106 valence electrons. The first-order chi connectivity index (χ1) is 9.78. The maximum atomic E-state index is 12.0. The van der Waals surface area contributed by atoms with Crippen LogP contribution in [-0.4, -0.2) is 29.2 Å². The van der Waals surface area contributed by atoms with Gasteiger partial charge in [0.15, 0.2) is 0 Å². The van der Waals surface area contributed by atoms with Gasteiger partial charge in [-0.25, -0.2) is 0 Å². The predicted molar refractivity (Wildman–Crippen MR) is 75.6 cm³/mol. The number of amides is 1. The summed E-state index contributed by atoms with van der Waals surface area (Å²) in [6, 6.07) is 0. The van der Waals surface area contributed by atoms with Gasteiger partial charge in [0.2, 0.25) is 11.0 Å². The molecule has 2 aliphatic rings. The van der Waals surface area contributed by atoms with Crippen molar-refractivity contribution >= 4 is 22.4 Å². The normalized spacial score (nSPS) is 23.3. The molecule has 1 amide bonds. The number of anilines is 1. The van der Waals surface area contributed by atoms with Crippen LogP contribution < -0.4 is 4.90 Å². The van der Waals surface area contributed by atoms with Gasteiger partial charge in [-0.1, -0.05) is 29.3 Å². The van der Waals surface area contributed by atoms with Crippen molar-refractivity contribution in [2.75, 3.05) is 18.0 Å². The van der Waals surface area contributed by atoms with Crippen LogP contribution in [0.2, 0.25) is 0 Å². The second kappa shape index (κ2) is 5.76. The molecule has 1 aromatic rings. The van der Waals surface area contributed by atoms with E-state index in [9.17, 15) is 4.79 Å². The topological polar surface area (TPSA) is 94.9 Å². The molecular formula is C12H16N6OS. The summed E-state index contributed by atoms with van der Waals surface area (Å²) in [6.07, 6.45) is 5.31. The lowest BCUT2D eigenvalue weighted by Gasteiger charge is -2.11. The van der Waals surface area contributed by atoms with Crippen molar-refractivity contribution in [3.05, 3.63) is 15.5 Å². The van der Waals surface area contributed by atoms with Crippen molar-refractivity contribution in [3.63, 3.8) is 0 Å². The summed E-state index contributed by atoms with van der Waals surface area (Å²) >= 11 is 1.54. The first-order valence-corrected chi connectivity index (χ1v) is 7.74. The number of rotatable bonds is 4. The third-order valence-corrected chi connectivity index (χ3v) is 5.08. The standard InChI is InChI=1S/C12H16N6OS/c13-17-14-6-8-5-10(19)18(7-8)12-16-15-11(20-12)9-3-1-2-4-9/h8-9H,1-7H2. The lowest BCUT2D eigenvalue weighted by Crippen LogP contribution is -2.24. The van der Waals surface area contributed by atoms with Crippen molar-refractivity contribution in [2.45, 2.75) is 38.0 Å². The minimum Gasteiger partial charge on any atom is -0.286 e. The molecule has 2 fully saturated rings. The fourth-order valence-electron chi connectivity index (χ4n) is 2.91. The quantitative estimate of drug-likeness (QED) is 0.485. The van der Waals surface area contributed by atoms with E-state index in [0.29, 0.717) is 30.6 Å². The molecule has 1 aliphatic carbocycles. The summed E-state index contributed by atoms with van der Waals surface area (Å²) in [5.41, 5.74) is 8.34. The van der Waals surface area contributed by atoms with Crippen LogP contribution in [-0.2, 0) is 4.79 Å². The number of hydrogen-bond donors (Lipinski definition) is 0. The average molecular weight is 292 g/mol. The van der Waals surface area contributed by atoms with Gasteiger partial charge < -0.3 is 0 Å². The van der Waals surface area contributed by atoms with Crippen LogP contribution in [0.25, 0.3) is 10.4 Å². The Balaban J connectivity index is 1.69. The highest BCUT2D eigenvalue weighted by Crippen LogP contribution is 2.38. The first kappa shape index (κ1) is 13.3. The SMILES string of the molecule is [N-]=[N+]=NCC1CC(=O)N(c2nnc(C3CCCC3)s2)C1. The Kier molecular flexibility index (Phi) is 3.84. The molecule has 0 radical (unpaired) electrons. The molecule has 2 heterocycles. The van der Waals surface area contributed by atoms with Crippen LogP contribution in [0.3, 0.4) is 0 Å². The van der Waals surface area contributed by atoms with E-state index in [0.717, 1.165) is 5.01 Å². The van der Waals surface area contributed by atoms with E-state index in [1.165, 1.54) is 37.0 Å². The van der Waals surface area contributed by atoms with E-state index >= 15 is 0 Å². The first-order valence-electron chi connectivity index (χ1n) is 6.92. The lowest BCUT2D eigenvalue weighted by molar-refractivity contribution is -0.117. The van der Waals surface area contributed by atoms with E-state index in [1.54, 1.807) is 4.90 Å². The summed E-state index contributed by atoms with van der Waals surface area (Å²) in [5.74, 6) is 0.674. The van der Waals surface area contributed by atoms with Crippen molar-refractivity contribution in [3.8, 4) is 0 Å². The number of carbonyl (C=O) groups is 1. The third kappa shape index (κ3) is 2.62. The molecule has 1 atom stereocenters. The zero-order valence-electron chi connectivity index (χ0n) is 11.1. The highest BCUT2D eigenvalue weighted by Gasteiger charge is 2.33. The maximum Gasteiger partial charge on any atom is 0.229 e. The van der Waals surface area contributed by atoms with Gasteiger partial charge in [-0.3, -0.25) is 9.69 Å². The zero-order valence-corrected chi connectivity index (χ0v) is 11.9. The van der Waals surface area contributed by atoms with Crippen LogP contribution in [0.4, 0.5) is 5.13 Å². The minimum atomic E-state index is 0.0530. The molecule has 1 saturated heterocycles. The Labute approximate surface area is 120 Å². The molecule has 1 aromatic heterocycles. The van der Waals surface area contributed by atoms with Crippen LogP contribution in [0.15, 0.2) is 5.11 Å². The molecule has 20 heavy (non-hydrogen) atoms. The fraction of sp³-hybridized carbons (Fsp3) is 0.750. The van der Waals surface area contributed by atoms with Gasteiger partial charge in [0.25, 0.3) is 0 Å². The highest BCUT2D eigenvalue weighted by atomic mass is 32.1.